The van der Waals surface area contributed by atoms with Crippen molar-refractivity contribution in [1.29, 1.82) is 0 Å². The predicted octanol–water partition coefficient (Wildman–Crippen LogP) is 1.24. The lowest BCUT2D eigenvalue weighted by Gasteiger charge is -2.16. The number of carbonyl (C=O) groups is 2. The van der Waals surface area contributed by atoms with Crippen molar-refractivity contribution in [1.82, 2.24) is 0 Å². The van der Waals surface area contributed by atoms with Gasteiger partial charge >= 0.3 is 11.9 Å². The van der Waals surface area contributed by atoms with Gasteiger partial charge in [0.05, 0.1) is 0 Å². The average Bonchev–Trinajstić information content (AvgIpc) is 2.59. The minimum atomic E-state index is -0.938. The summed E-state index contributed by atoms with van der Waals surface area (Å²) in [6.07, 6.45) is 1.48. The highest BCUT2D eigenvalue weighted by atomic mass is 16.7. The maximum Gasteiger partial charge on any atom is 0.305 e. The van der Waals surface area contributed by atoms with E-state index in [0.717, 1.165) is 6.42 Å². The Morgan fingerprint density at radius 1 is 1.31 bits per heavy atom. The van der Waals surface area contributed by atoms with Gasteiger partial charge in [-0.05, 0) is 6.42 Å². The number of ether oxygens (including phenoxy) is 2. The first-order valence-electron chi connectivity index (χ1n) is 4.39. The SMILES string of the molecule is CCC1CC1(OC(C)=O)OC(C)=O. The molecule has 1 fully saturated rings. The summed E-state index contributed by atoms with van der Waals surface area (Å²) in [5.41, 5.74) is 0. The largest absolute Gasteiger partial charge is 0.422 e. The first-order chi connectivity index (χ1) is 6.00. The van der Waals surface area contributed by atoms with E-state index in [4.69, 9.17) is 9.47 Å². The summed E-state index contributed by atoms with van der Waals surface area (Å²) >= 11 is 0. The van der Waals surface area contributed by atoms with Gasteiger partial charge in [0.15, 0.2) is 0 Å². The third-order valence-corrected chi connectivity index (χ3v) is 2.12. The van der Waals surface area contributed by atoms with Gasteiger partial charge in [-0.15, -0.1) is 0 Å². The standard InChI is InChI=1S/C9H14O4/c1-4-8-5-9(8,12-6(2)10)13-7(3)11/h8H,4-5H2,1-3H3. The molecule has 1 saturated carbocycles. The number of rotatable bonds is 3. The van der Waals surface area contributed by atoms with Crippen LogP contribution in [0.25, 0.3) is 0 Å². The molecule has 4 nitrogen and oxygen atoms in total. The van der Waals surface area contributed by atoms with Gasteiger partial charge in [-0.3, -0.25) is 9.59 Å². The van der Waals surface area contributed by atoms with E-state index in [1.54, 1.807) is 0 Å². The molecule has 0 N–H and O–H groups in total. The van der Waals surface area contributed by atoms with Crippen LogP contribution in [0.4, 0.5) is 0 Å². The van der Waals surface area contributed by atoms with E-state index in [0.29, 0.717) is 6.42 Å². The molecule has 1 atom stereocenters. The van der Waals surface area contributed by atoms with Crippen LogP contribution in [0.5, 0.6) is 0 Å². The van der Waals surface area contributed by atoms with Crippen molar-refractivity contribution in [2.75, 3.05) is 0 Å². The Bertz CT molecular complexity index is 218. The zero-order valence-corrected chi connectivity index (χ0v) is 8.12. The Balaban J connectivity index is 2.57. The molecule has 0 radical (unpaired) electrons. The molecule has 0 spiro atoms. The van der Waals surface area contributed by atoms with Crippen LogP contribution in [0.3, 0.4) is 0 Å². The van der Waals surface area contributed by atoms with Gasteiger partial charge in [0, 0.05) is 26.2 Å². The average molecular weight is 186 g/mol. The van der Waals surface area contributed by atoms with Crippen LogP contribution in [0.15, 0.2) is 0 Å². The van der Waals surface area contributed by atoms with Gasteiger partial charge in [0.2, 0.25) is 0 Å². The number of carbonyl (C=O) groups excluding carboxylic acids is 2. The molecule has 0 aliphatic heterocycles. The van der Waals surface area contributed by atoms with Gasteiger partial charge in [0.25, 0.3) is 5.79 Å². The second-order valence-corrected chi connectivity index (χ2v) is 3.31. The fourth-order valence-electron chi connectivity index (χ4n) is 1.50. The van der Waals surface area contributed by atoms with E-state index in [2.05, 4.69) is 0 Å². The molecular weight excluding hydrogens is 172 g/mol. The summed E-state index contributed by atoms with van der Waals surface area (Å²) in [6.45, 7) is 4.60. The summed E-state index contributed by atoms with van der Waals surface area (Å²) in [7, 11) is 0. The fraction of sp³-hybridized carbons (Fsp3) is 0.778. The molecule has 0 aromatic heterocycles. The lowest BCUT2D eigenvalue weighted by atomic mass is 10.3. The lowest BCUT2D eigenvalue weighted by Crippen LogP contribution is -2.26. The van der Waals surface area contributed by atoms with Gasteiger partial charge in [-0.1, -0.05) is 6.92 Å². The van der Waals surface area contributed by atoms with Crippen LogP contribution >= 0.6 is 0 Å². The van der Waals surface area contributed by atoms with Gasteiger partial charge in [-0.25, -0.2) is 0 Å². The maximum atomic E-state index is 10.7. The molecule has 0 aromatic rings. The highest BCUT2D eigenvalue weighted by molar-refractivity contribution is 5.69. The fourth-order valence-corrected chi connectivity index (χ4v) is 1.50. The maximum absolute atomic E-state index is 10.7. The summed E-state index contributed by atoms with van der Waals surface area (Å²) in [5.74, 6) is -1.58. The minimum absolute atomic E-state index is 0.167. The number of esters is 2. The highest BCUT2D eigenvalue weighted by Crippen LogP contribution is 2.50. The highest BCUT2D eigenvalue weighted by Gasteiger charge is 2.60. The van der Waals surface area contributed by atoms with Crippen LogP contribution < -0.4 is 0 Å². The Hall–Kier alpha value is -1.06. The van der Waals surface area contributed by atoms with Crippen LogP contribution in [0, 0.1) is 5.92 Å². The predicted molar refractivity (Wildman–Crippen MR) is 44.7 cm³/mol. The molecule has 0 heterocycles. The molecule has 4 heteroatoms. The van der Waals surface area contributed by atoms with Crippen molar-refractivity contribution in [2.24, 2.45) is 5.92 Å². The van der Waals surface area contributed by atoms with E-state index in [9.17, 15) is 9.59 Å². The van der Waals surface area contributed by atoms with Crippen molar-refractivity contribution in [3.63, 3.8) is 0 Å². The van der Waals surface area contributed by atoms with Crippen LogP contribution in [0.2, 0.25) is 0 Å². The van der Waals surface area contributed by atoms with E-state index in [1.165, 1.54) is 13.8 Å². The third-order valence-electron chi connectivity index (χ3n) is 2.12. The molecule has 0 saturated heterocycles. The zero-order valence-electron chi connectivity index (χ0n) is 8.12. The summed E-state index contributed by atoms with van der Waals surface area (Å²) < 4.78 is 9.96. The van der Waals surface area contributed by atoms with E-state index >= 15 is 0 Å². The quantitative estimate of drug-likeness (QED) is 0.491. The van der Waals surface area contributed by atoms with Crippen LogP contribution in [-0.2, 0) is 19.1 Å². The van der Waals surface area contributed by atoms with Crippen molar-refractivity contribution >= 4 is 11.9 Å². The van der Waals surface area contributed by atoms with Crippen LogP contribution in [-0.4, -0.2) is 17.7 Å². The van der Waals surface area contributed by atoms with Crippen molar-refractivity contribution < 1.29 is 19.1 Å². The Labute approximate surface area is 77.2 Å². The monoisotopic (exact) mass is 186 g/mol. The molecular formula is C9H14O4. The lowest BCUT2D eigenvalue weighted by molar-refractivity contribution is -0.197. The molecule has 74 valence electrons. The molecule has 1 aliphatic rings. The summed E-state index contributed by atoms with van der Waals surface area (Å²) in [6, 6.07) is 0. The second-order valence-electron chi connectivity index (χ2n) is 3.31. The van der Waals surface area contributed by atoms with E-state index in [-0.39, 0.29) is 5.92 Å². The summed E-state index contributed by atoms with van der Waals surface area (Å²) in [5, 5.41) is 0. The normalized spacial score (nSPS) is 23.5. The van der Waals surface area contributed by atoms with Crippen molar-refractivity contribution in [2.45, 2.75) is 39.4 Å². The zero-order chi connectivity index (χ0) is 10.1. The smallest absolute Gasteiger partial charge is 0.305 e. The van der Waals surface area contributed by atoms with Crippen molar-refractivity contribution in [3.8, 4) is 0 Å². The Morgan fingerprint density at radius 2 is 1.77 bits per heavy atom. The first-order valence-corrected chi connectivity index (χ1v) is 4.39. The molecule has 0 aromatic carbocycles. The Kier molecular flexibility index (Phi) is 2.59. The van der Waals surface area contributed by atoms with Crippen molar-refractivity contribution in [3.05, 3.63) is 0 Å². The molecule has 1 aliphatic carbocycles. The topological polar surface area (TPSA) is 52.6 Å². The second kappa shape index (κ2) is 3.36. The van der Waals surface area contributed by atoms with Gasteiger partial charge < -0.3 is 9.47 Å². The van der Waals surface area contributed by atoms with E-state index < -0.39 is 17.7 Å². The first kappa shape index (κ1) is 10.0. The molecule has 0 amide bonds. The minimum Gasteiger partial charge on any atom is -0.422 e. The van der Waals surface area contributed by atoms with E-state index in [1.807, 2.05) is 6.92 Å². The molecule has 1 unspecified atom stereocenters. The summed E-state index contributed by atoms with van der Waals surface area (Å²) in [4.78, 5) is 21.5. The van der Waals surface area contributed by atoms with Gasteiger partial charge in [-0.2, -0.15) is 0 Å². The number of hydrogen-bond acceptors (Lipinski definition) is 4. The molecule has 13 heavy (non-hydrogen) atoms. The molecule has 1 rings (SSSR count). The molecule has 0 bridgehead atoms. The number of hydrogen-bond donors (Lipinski definition) is 0. The third kappa shape index (κ3) is 2.20. The Morgan fingerprint density at radius 3 is 2.00 bits per heavy atom. The van der Waals surface area contributed by atoms with Crippen LogP contribution in [0.1, 0.15) is 33.6 Å². The van der Waals surface area contributed by atoms with Gasteiger partial charge in [0.1, 0.15) is 0 Å².